The molecule has 0 aromatic heterocycles. The number of halogens is 2. The van der Waals surface area contributed by atoms with Crippen LogP contribution in [0.2, 0.25) is 10.0 Å². The second-order valence-corrected chi connectivity index (χ2v) is 7.64. The molecule has 130 valence electrons. The maximum atomic E-state index is 12.6. The van der Waals surface area contributed by atoms with Crippen molar-refractivity contribution in [2.24, 2.45) is 5.41 Å². The summed E-state index contributed by atoms with van der Waals surface area (Å²) < 4.78 is 0. The van der Waals surface area contributed by atoms with Crippen LogP contribution in [0.1, 0.15) is 51.4 Å². The highest BCUT2D eigenvalue weighted by Gasteiger charge is 2.56. The molecule has 2 fully saturated rings. The topological polar surface area (TPSA) is 58.2 Å². The normalized spacial score (nSPS) is 20.1. The van der Waals surface area contributed by atoms with Crippen LogP contribution >= 0.6 is 23.2 Å². The van der Waals surface area contributed by atoms with Crippen LogP contribution in [0, 0.1) is 5.41 Å². The Balaban J connectivity index is 1.62. The van der Waals surface area contributed by atoms with Gasteiger partial charge in [-0.15, -0.1) is 0 Å². The van der Waals surface area contributed by atoms with Gasteiger partial charge in [-0.25, -0.2) is 0 Å². The van der Waals surface area contributed by atoms with Gasteiger partial charge < -0.3 is 10.6 Å². The fourth-order valence-corrected chi connectivity index (χ4v) is 3.55. The zero-order valence-corrected chi connectivity index (χ0v) is 15.1. The molecular formula is C18H22Cl2N2O2. The number of hydrogen-bond donors (Lipinski definition) is 2. The number of hydrogen-bond acceptors (Lipinski definition) is 2. The molecule has 2 amide bonds. The van der Waals surface area contributed by atoms with Crippen LogP contribution in [0.4, 0.5) is 5.69 Å². The summed E-state index contributed by atoms with van der Waals surface area (Å²) in [5, 5.41) is 6.71. The van der Waals surface area contributed by atoms with E-state index in [4.69, 9.17) is 23.2 Å². The van der Waals surface area contributed by atoms with Crippen molar-refractivity contribution in [1.82, 2.24) is 5.32 Å². The summed E-state index contributed by atoms with van der Waals surface area (Å²) >= 11 is 11.9. The van der Waals surface area contributed by atoms with Gasteiger partial charge in [0.2, 0.25) is 11.8 Å². The Morgan fingerprint density at radius 1 is 0.958 bits per heavy atom. The summed E-state index contributed by atoms with van der Waals surface area (Å²) in [5.41, 5.74) is -0.360. The van der Waals surface area contributed by atoms with Gasteiger partial charge in [-0.3, -0.25) is 9.59 Å². The molecule has 0 radical (unpaired) electrons. The van der Waals surface area contributed by atoms with Gasteiger partial charge in [0.1, 0.15) is 5.41 Å². The van der Waals surface area contributed by atoms with Gasteiger partial charge in [0.25, 0.3) is 0 Å². The molecule has 0 heterocycles. The summed E-state index contributed by atoms with van der Waals surface area (Å²) in [4.78, 5) is 25.2. The average molecular weight is 369 g/mol. The lowest BCUT2D eigenvalue weighted by molar-refractivity contribution is -0.134. The third kappa shape index (κ3) is 3.86. The summed E-state index contributed by atoms with van der Waals surface area (Å²) in [6.07, 6.45) is 7.97. The van der Waals surface area contributed by atoms with Crippen molar-refractivity contribution in [3.8, 4) is 0 Å². The van der Waals surface area contributed by atoms with Gasteiger partial charge in [0.15, 0.2) is 0 Å². The summed E-state index contributed by atoms with van der Waals surface area (Å²) in [6.45, 7) is 0. The van der Waals surface area contributed by atoms with Crippen LogP contribution < -0.4 is 10.6 Å². The minimum Gasteiger partial charge on any atom is -0.352 e. The van der Waals surface area contributed by atoms with Gasteiger partial charge in [-0.2, -0.15) is 0 Å². The molecule has 0 unspecified atom stereocenters. The van der Waals surface area contributed by atoms with E-state index in [0.29, 0.717) is 28.6 Å². The molecule has 2 saturated carbocycles. The Morgan fingerprint density at radius 3 is 2.21 bits per heavy atom. The lowest BCUT2D eigenvalue weighted by Crippen LogP contribution is -2.44. The fraction of sp³-hybridized carbons (Fsp3) is 0.556. The van der Waals surface area contributed by atoms with E-state index in [-0.39, 0.29) is 17.9 Å². The van der Waals surface area contributed by atoms with E-state index in [1.165, 1.54) is 12.8 Å². The van der Waals surface area contributed by atoms with Crippen LogP contribution in [0.25, 0.3) is 0 Å². The van der Waals surface area contributed by atoms with Crippen molar-refractivity contribution < 1.29 is 9.59 Å². The highest BCUT2D eigenvalue weighted by atomic mass is 35.5. The number of benzene rings is 1. The monoisotopic (exact) mass is 368 g/mol. The summed E-state index contributed by atoms with van der Waals surface area (Å²) in [6, 6.07) is 5.12. The summed E-state index contributed by atoms with van der Waals surface area (Å²) in [5.74, 6) is -0.390. The molecule has 24 heavy (non-hydrogen) atoms. The molecule has 0 spiro atoms. The van der Waals surface area contributed by atoms with Gasteiger partial charge in [0, 0.05) is 11.7 Å². The molecule has 1 aromatic rings. The van der Waals surface area contributed by atoms with Crippen LogP contribution in [0.3, 0.4) is 0 Å². The van der Waals surface area contributed by atoms with E-state index in [1.54, 1.807) is 18.2 Å². The molecule has 2 N–H and O–H groups in total. The quantitative estimate of drug-likeness (QED) is 0.604. The number of nitrogens with one attached hydrogen (secondary N) is 2. The predicted octanol–water partition coefficient (Wildman–Crippen LogP) is 4.55. The van der Waals surface area contributed by atoms with Crippen molar-refractivity contribution in [1.29, 1.82) is 0 Å². The van der Waals surface area contributed by atoms with Crippen LogP contribution in [-0.4, -0.2) is 17.9 Å². The molecule has 6 heteroatoms. The Bertz CT molecular complexity index is 636. The Hall–Kier alpha value is -1.26. The van der Waals surface area contributed by atoms with Crippen molar-refractivity contribution in [2.45, 2.75) is 57.4 Å². The molecule has 1 aromatic carbocycles. The van der Waals surface area contributed by atoms with Crippen molar-refractivity contribution >= 4 is 40.7 Å². The van der Waals surface area contributed by atoms with E-state index in [2.05, 4.69) is 10.6 Å². The highest BCUT2D eigenvalue weighted by molar-refractivity contribution is 6.42. The van der Waals surface area contributed by atoms with Crippen molar-refractivity contribution in [3.63, 3.8) is 0 Å². The minimum absolute atomic E-state index is 0.132. The second-order valence-electron chi connectivity index (χ2n) is 6.83. The highest BCUT2D eigenvalue weighted by Crippen LogP contribution is 2.47. The standard InChI is InChI=1S/C18H22Cl2N2O2/c19-14-8-7-13(11-15(14)20)22-17(24)18(9-10-18)16(23)21-12-5-3-1-2-4-6-12/h7-8,11-12H,1-6,9-10H2,(H,21,23)(H,22,24). The van der Waals surface area contributed by atoms with Crippen LogP contribution in [0.5, 0.6) is 0 Å². The predicted molar refractivity (Wildman–Crippen MR) is 96.4 cm³/mol. The lowest BCUT2D eigenvalue weighted by Gasteiger charge is -2.21. The van der Waals surface area contributed by atoms with Gasteiger partial charge in [0.05, 0.1) is 10.0 Å². The average Bonchev–Trinajstić information content (AvgIpc) is 3.36. The van der Waals surface area contributed by atoms with Crippen molar-refractivity contribution in [3.05, 3.63) is 28.2 Å². The Morgan fingerprint density at radius 2 is 1.62 bits per heavy atom. The SMILES string of the molecule is O=C(Nc1ccc(Cl)c(Cl)c1)C1(C(=O)NC2CCCCCC2)CC1. The zero-order valence-electron chi connectivity index (χ0n) is 13.5. The number of amides is 2. The Labute approximate surface area is 152 Å². The van der Waals surface area contributed by atoms with Crippen molar-refractivity contribution in [2.75, 3.05) is 5.32 Å². The molecule has 2 aliphatic rings. The first-order valence-electron chi connectivity index (χ1n) is 8.59. The largest absolute Gasteiger partial charge is 0.352 e. The van der Waals surface area contributed by atoms with Gasteiger partial charge in [-0.1, -0.05) is 48.9 Å². The van der Waals surface area contributed by atoms with E-state index in [0.717, 1.165) is 25.7 Å². The molecular weight excluding hydrogens is 347 g/mol. The number of carbonyl (C=O) groups is 2. The maximum absolute atomic E-state index is 12.6. The first kappa shape index (κ1) is 17.6. The number of rotatable bonds is 4. The van der Waals surface area contributed by atoms with E-state index in [9.17, 15) is 9.59 Å². The smallest absolute Gasteiger partial charge is 0.240 e. The number of carbonyl (C=O) groups excluding carboxylic acids is 2. The maximum Gasteiger partial charge on any atom is 0.240 e. The molecule has 0 bridgehead atoms. The van der Waals surface area contributed by atoms with E-state index < -0.39 is 5.41 Å². The second kappa shape index (κ2) is 7.32. The van der Waals surface area contributed by atoms with Crippen LogP contribution in [-0.2, 0) is 9.59 Å². The third-order valence-corrected chi connectivity index (χ3v) is 5.73. The lowest BCUT2D eigenvalue weighted by atomic mass is 10.0. The molecule has 0 atom stereocenters. The van der Waals surface area contributed by atoms with E-state index >= 15 is 0 Å². The first-order chi connectivity index (χ1) is 11.5. The Kier molecular flexibility index (Phi) is 5.36. The van der Waals surface area contributed by atoms with Crippen LogP contribution in [0.15, 0.2) is 18.2 Å². The molecule has 0 aliphatic heterocycles. The fourth-order valence-electron chi connectivity index (χ4n) is 3.25. The minimum atomic E-state index is -0.918. The summed E-state index contributed by atoms with van der Waals surface area (Å²) in [7, 11) is 0. The zero-order chi connectivity index (χ0) is 17.2. The van der Waals surface area contributed by atoms with Gasteiger partial charge in [-0.05, 0) is 43.9 Å². The molecule has 3 rings (SSSR count). The number of anilines is 1. The molecule has 4 nitrogen and oxygen atoms in total. The molecule has 0 saturated heterocycles. The van der Waals surface area contributed by atoms with Gasteiger partial charge >= 0.3 is 0 Å². The molecule has 2 aliphatic carbocycles. The first-order valence-corrected chi connectivity index (χ1v) is 9.34. The third-order valence-electron chi connectivity index (χ3n) is 4.99. The van der Waals surface area contributed by atoms with E-state index in [1.807, 2.05) is 0 Å².